The van der Waals surface area contributed by atoms with Gasteiger partial charge in [-0.25, -0.2) is 4.79 Å². The molecule has 0 N–H and O–H groups in total. The number of esters is 1. The fraction of sp³-hybridized carbons (Fsp3) is 0.533. The summed E-state index contributed by atoms with van der Waals surface area (Å²) in [6.45, 7) is 6.39. The predicted molar refractivity (Wildman–Crippen MR) is 141 cm³/mol. The molecule has 6 heteroatoms. The Morgan fingerprint density at radius 2 is 1.56 bits per heavy atom. The summed E-state index contributed by atoms with van der Waals surface area (Å²) < 4.78 is 11.3. The Morgan fingerprint density at radius 3 is 2.17 bits per heavy atom. The van der Waals surface area contributed by atoms with Gasteiger partial charge >= 0.3 is 5.97 Å². The number of carbonyl (C=O) groups excluding carboxylic acids is 2. The molecule has 6 nitrogen and oxygen atoms in total. The number of benzene rings is 2. The van der Waals surface area contributed by atoms with Crippen molar-refractivity contribution in [2.45, 2.75) is 83.5 Å². The monoisotopic (exact) mass is 492 g/mol. The first-order valence-electron chi connectivity index (χ1n) is 13.5. The number of fused-ring (bicyclic) bond motifs is 2. The van der Waals surface area contributed by atoms with Gasteiger partial charge in [0.2, 0.25) is 0 Å². The smallest absolute Gasteiger partial charge is 0.338 e. The maximum Gasteiger partial charge on any atom is 0.338 e. The van der Waals surface area contributed by atoms with Crippen LogP contribution in [0.2, 0.25) is 0 Å². The third kappa shape index (κ3) is 6.47. The van der Waals surface area contributed by atoms with Crippen molar-refractivity contribution >= 4 is 11.9 Å². The summed E-state index contributed by atoms with van der Waals surface area (Å²) in [5, 5.41) is 0. The zero-order valence-electron chi connectivity index (χ0n) is 21.9. The Balaban J connectivity index is 1.31. The molecule has 4 rings (SSSR count). The standard InChI is InChI=1S/C30H40N2O4/c1-4-6-7-18-31(3)21-22-8-10-23(11-9-22)29(33)32-25-14-15-26(32)20-28(19-25)36-27-16-12-24(13-17-27)30(34)35-5-2/h8-13,16-17,25-26,28H,4-7,14-15,18-21H2,1-3H3/t25-,26-/m0/s1. The second-order valence-electron chi connectivity index (χ2n) is 10.2. The summed E-state index contributed by atoms with van der Waals surface area (Å²) in [5.74, 6) is 0.575. The minimum atomic E-state index is -0.319. The molecule has 2 aliphatic heterocycles. The summed E-state index contributed by atoms with van der Waals surface area (Å²) in [5.41, 5.74) is 2.55. The fourth-order valence-electron chi connectivity index (χ4n) is 5.56. The summed E-state index contributed by atoms with van der Waals surface area (Å²) in [6.07, 6.45) is 7.53. The molecule has 2 aliphatic rings. The topological polar surface area (TPSA) is 59.1 Å². The minimum Gasteiger partial charge on any atom is -0.490 e. The molecule has 0 aliphatic carbocycles. The average Bonchev–Trinajstić information content (AvgIpc) is 3.15. The number of amides is 1. The molecule has 1 amide bonds. The first-order chi connectivity index (χ1) is 17.5. The van der Waals surface area contributed by atoms with E-state index >= 15 is 0 Å². The van der Waals surface area contributed by atoms with Crippen LogP contribution >= 0.6 is 0 Å². The van der Waals surface area contributed by atoms with E-state index in [1.165, 1.54) is 24.8 Å². The number of hydrogen-bond donors (Lipinski definition) is 0. The zero-order valence-corrected chi connectivity index (χ0v) is 21.9. The van der Waals surface area contributed by atoms with Crippen LogP contribution in [0.1, 0.15) is 85.1 Å². The molecular formula is C30H40N2O4. The number of unbranched alkanes of at least 4 members (excludes halogenated alkanes) is 2. The van der Waals surface area contributed by atoms with Gasteiger partial charge in [-0.15, -0.1) is 0 Å². The van der Waals surface area contributed by atoms with E-state index in [1.807, 2.05) is 24.3 Å². The van der Waals surface area contributed by atoms with Crippen LogP contribution in [0.25, 0.3) is 0 Å². The van der Waals surface area contributed by atoms with Gasteiger partial charge in [-0.05, 0) is 81.7 Å². The van der Waals surface area contributed by atoms with E-state index in [4.69, 9.17) is 9.47 Å². The SMILES string of the molecule is CCCCCN(C)Cc1ccc(C(=O)N2[C@H]3CC[C@H]2CC(Oc2ccc(C(=O)OCC)cc2)C3)cc1. The third-order valence-corrected chi connectivity index (χ3v) is 7.39. The van der Waals surface area contributed by atoms with E-state index in [0.29, 0.717) is 12.2 Å². The van der Waals surface area contributed by atoms with Gasteiger partial charge in [0.15, 0.2) is 0 Å². The van der Waals surface area contributed by atoms with Gasteiger partial charge in [-0.1, -0.05) is 31.9 Å². The Kier molecular flexibility index (Phi) is 9.03. The van der Waals surface area contributed by atoms with E-state index < -0.39 is 0 Å². The van der Waals surface area contributed by atoms with Crippen molar-refractivity contribution in [3.63, 3.8) is 0 Å². The molecule has 2 saturated heterocycles. The van der Waals surface area contributed by atoms with Crippen molar-refractivity contribution in [3.05, 3.63) is 65.2 Å². The number of hydrogen-bond acceptors (Lipinski definition) is 5. The molecule has 0 aromatic heterocycles. The molecule has 2 fully saturated rings. The van der Waals surface area contributed by atoms with Crippen LogP contribution in [0.5, 0.6) is 5.75 Å². The molecule has 0 spiro atoms. The fourth-order valence-corrected chi connectivity index (χ4v) is 5.56. The van der Waals surface area contributed by atoms with E-state index in [9.17, 15) is 9.59 Å². The first kappa shape index (κ1) is 26.2. The largest absolute Gasteiger partial charge is 0.490 e. The molecule has 2 aromatic rings. The molecule has 0 unspecified atom stereocenters. The third-order valence-electron chi connectivity index (χ3n) is 7.39. The summed E-state index contributed by atoms with van der Waals surface area (Å²) in [4.78, 5) is 29.7. The minimum absolute atomic E-state index is 0.0746. The molecule has 2 aromatic carbocycles. The lowest BCUT2D eigenvalue weighted by molar-refractivity contribution is 0.0359. The molecule has 0 radical (unpaired) electrons. The molecular weight excluding hydrogens is 452 g/mol. The Labute approximate surface area is 215 Å². The molecule has 2 heterocycles. The highest BCUT2D eigenvalue weighted by atomic mass is 16.5. The lowest BCUT2D eigenvalue weighted by atomic mass is 9.98. The maximum atomic E-state index is 13.4. The molecule has 2 atom stereocenters. The molecule has 2 bridgehead atoms. The number of nitrogens with zero attached hydrogens (tertiary/aromatic N) is 2. The number of piperidine rings is 1. The van der Waals surface area contributed by atoms with E-state index in [2.05, 4.69) is 35.9 Å². The second kappa shape index (κ2) is 12.4. The summed E-state index contributed by atoms with van der Waals surface area (Å²) in [6, 6.07) is 15.7. The number of ether oxygens (including phenoxy) is 2. The van der Waals surface area contributed by atoms with Crippen molar-refractivity contribution in [1.29, 1.82) is 0 Å². The van der Waals surface area contributed by atoms with Gasteiger partial charge in [-0.2, -0.15) is 0 Å². The van der Waals surface area contributed by atoms with Crippen LogP contribution in [0.3, 0.4) is 0 Å². The van der Waals surface area contributed by atoms with Crippen LogP contribution in [0.4, 0.5) is 0 Å². The Hall–Kier alpha value is -2.86. The highest BCUT2D eigenvalue weighted by Gasteiger charge is 2.44. The average molecular weight is 493 g/mol. The van der Waals surface area contributed by atoms with Crippen molar-refractivity contribution in [3.8, 4) is 5.75 Å². The van der Waals surface area contributed by atoms with Crippen molar-refractivity contribution in [1.82, 2.24) is 9.80 Å². The van der Waals surface area contributed by atoms with Gasteiger partial charge in [0, 0.05) is 37.0 Å². The van der Waals surface area contributed by atoms with E-state index in [0.717, 1.165) is 50.1 Å². The first-order valence-corrected chi connectivity index (χ1v) is 13.5. The normalized spacial score (nSPS) is 21.0. The van der Waals surface area contributed by atoms with Crippen LogP contribution in [-0.2, 0) is 11.3 Å². The van der Waals surface area contributed by atoms with E-state index in [-0.39, 0.29) is 30.1 Å². The Morgan fingerprint density at radius 1 is 0.917 bits per heavy atom. The summed E-state index contributed by atoms with van der Waals surface area (Å²) in [7, 11) is 2.16. The second-order valence-corrected chi connectivity index (χ2v) is 10.2. The maximum absolute atomic E-state index is 13.4. The van der Waals surface area contributed by atoms with Crippen molar-refractivity contribution in [2.24, 2.45) is 0 Å². The van der Waals surface area contributed by atoms with Crippen molar-refractivity contribution < 1.29 is 19.1 Å². The lowest BCUT2D eigenvalue weighted by Gasteiger charge is -2.39. The number of carbonyl (C=O) groups is 2. The summed E-state index contributed by atoms with van der Waals surface area (Å²) >= 11 is 0. The van der Waals surface area contributed by atoms with Crippen molar-refractivity contribution in [2.75, 3.05) is 20.2 Å². The quantitative estimate of drug-likeness (QED) is 0.297. The molecule has 194 valence electrons. The van der Waals surface area contributed by atoms with Crippen LogP contribution in [0, 0.1) is 0 Å². The Bertz CT molecular complexity index is 991. The van der Waals surface area contributed by atoms with Gasteiger partial charge in [0.05, 0.1) is 12.2 Å². The predicted octanol–water partition coefficient (Wildman–Crippen LogP) is 5.70. The highest BCUT2D eigenvalue weighted by molar-refractivity contribution is 5.95. The molecule has 36 heavy (non-hydrogen) atoms. The molecule has 0 saturated carbocycles. The van der Waals surface area contributed by atoms with Crippen LogP contribution < -0.4 is 4.74 Å². The lowest BCUT2D eigenvalue weighted by Crippen LogP contribution is -2.49. The van der Waals surface area contributed by atoms with Crippen LogP contribution in [0.15, 0.2) is 48.5 Å². The van der Waals surface area contributed by atoms with E-state index in [1.54, 1.807) is 19.1 Å². The van der Waals surface area contributed by atoms with Gasteiger partial charge in [0.1, 0.15) is 11.9 Å². The number of rotatable bonds is 11. The van der Waals surface area contributed by atoms with Gasteiger partial charge in [-0.3, -0.25) is 4.79 Å². The zero-order chi connectivity index (χ0) is 25.5. The highest BCUT2D eigenvalue weighted by Crippen LogP contribution is 2.38. The van der Waals surface area contributed by atoms with Gasteiger partial charge < -0.3 is 19.3 Å². The van der Waals surface area contributed by atoms with Gasteiger partial charge in [0.25, 0.3) is 5.91 Å². The van der Waals surface area contributed by atoms with Crippen LogP contribution in [-0.4, -0.2) is 60.1 Å².